The number of amides is 1. The molecule has 1 aromatic heterocycles. The lowest BCUT2D eigenvalue weighted by Gasteiger charge is -2.19. The minimum absolute atomic E-state index is 0.00190. The molecule has 1 N–H and O–H groups in total. The molecular formula is C22H24N2O7S2. The first-order valence-electron chi connectivity index (χ1n) is 9.55. The average Bonchev–Trinajstić information content (AvgIpc) is 3.13. The summed E-state index contributed by atoms with van der Waals surface area (Å²) in [5, 5.41) is 2.70. The molecule has 0 aliphatic heterocycles. The van der Waals surface area contributed by atoms with Gasteiger partial charge in [0.05, 0.1) is 24.7 Å². The predicted octanol–water partition coefficient (Wildman–Crippen LogP) is 3.24. The minimum atomic E-state index is -3.81. The third-order valence-electron chi connectivity index (χ3n) is 4.55. The van der Waals surface area contributed by atoms with Crippen LogP contribution in [0.3, 0.4) is 0 Å². The van der Waals surface area contributed by atoms with Crippen molar-refractivity contribution in [3.63, 3.8) is 0 Å². The number of rotatable bonds is 10. The van der Waals surface area contributed by atoms with E-state index in [1.165, 1.54) is 54.9 Å². The van der Waals surface area contributed by atoms with E-state index < -0.39 is 27.9 Å². The lowest BCUT2D eigenvalue weighted by molar-refractivity contribution is 0.0601. The smallest absolute Gasteiger partial charge is 0.348 e. The summed E-state index contributed by atoms with van der Waals surface area (Å²) in [6.45, 7) is 8.88. The second-order valence-electron chi connectivity index (χ2n) is 6.62. The van der Waals surface area contributed by atoms with Gasteiger partial charge in [-0.3, -0.25) is 4.79 Å². The summed E-state index contributed by atoms with van der Waals surface area (Å²) in [7, 11) is -1.42. The second-order valence-corrected chi connectivity index (χ2v) is 9.58. The van der Waals surface area contributed by atoms with E-state index in [-0.39, 0.29) is 39.0 Å². The fourth-order valence-corrected chi connectivity index (χ4v) is 5.39. The zero-order valence-corrected chi connectivity index (χ0v) is 20.0. The number of thiophene rings is 1. The van der Waals surface area contributed by atoms with Crippen LogP contribution in [0.15, 0.2) is 54.5 Å². The second kappa shape index (κ2) is 11.0. The van der Waals surface area contributed by atoms with E-state index in [1.54, 1.807) is 6.92 Å². The van der Waals surface area contributed by atoms with Gasteiger partial charge in [-0.1, -0.05) is 12.2 Å². The van der Waals surface area contributed by atoms with Gasteiger partial charge in [-0.25, -0.2) is 18.0 Å². The Balaban J connectivity index is 2.35. The van der Waals surface area contributed by atoms with Crippen molar-refractivity contribution in [1.82, 2.24) is 4.31 Å². The molecule has 176 valence electrons. The van der Waals surface area contributed by atoms with Gasteiger partial charge in [0.2, 0.25) is 10.0 Å². The Labute approximate surface area is 196 Å². The number of ether oxygens (including phenoxy) is 2. The number of carbonyl (C=O) groups is 3. The minimum Gasteiger partial charge on any atom is -0.465 e. The number of hydrogen-bond acceptors (Lipinski definition) is 8. The van der Waals surface area contributed by atoms with Crippen molar-refractivity contribution in [1.29, 1.82) is 0 Å². The van der Waals surface area contributed by atoms with E-state index >= 15 is 0 Å². The summed E-state index contributed by atoms with van der Waals surface area (Å²) in [4.78, 5) is 37.1. The molecule has 9 nitrogen and oxygen atoms in total. The lowest BCUT2D eigenvalue weighted by atomic mass is 10.1. The number of hydrogen-bond donors (Lipinski definition) is 1. The molecule has 0 spiro atoms. The number of anilines is 1. The summed E-state index contributed by atoms with van der Waals surface area (Å²) in [5.41, 5.74) is 0.509. The number of nitrogens with zero attached hydrogens (tertiary/aromatic N) is 1. The van der Waals surface area contributed by atoms with Gasteiger partial charge >= 0.3 is 11.9 Å². The summed E-state index contributed by atoms with van der Waals surface area (Å²) in [6.07, 6.45) is 2.93. The fraction of sp³-hybridized carbons (Fsp3) is 0.227. The third-order valence-corrected chi connectivity index (χ3v) is 7.59. The van der Waals surface area contributed by atoms with Crippen LogP contribution in [0.4, 0.5) is 5.00 Å². The molecule has 0 aliphatic rings. The van der Waals surface area contributed by atoms with Crippen LogP contribution in [0, 0.1) is 6.92 Å². The Kier molecular flexibility index (Phi) is 8.69. The zero-order chi connectivity index (χ0) is 24.8. The number of benzene rings is 1. The lowest BCUT2D eigenvalue weighted by Crippen LogP contribution is -2.31. The maximum Gasteiger partial charge on any atom is 0.348 e. The molecule has 0 atom stereocenters. The van der Waals surface area contributed by atoms with Crippen LogP contribution >= 0.6 is 11.3 Å². The highest BCUT2D eigenvalue weighted by Crippen LogP contribution is 2.34. The molecule has 0 saturated carbocycles. The molecule has 1 heterocycles. The Morgan fingerprint density at radius 2 is 1.58 bits per heavy atom. The number of carbonyl (C=O) groups excluding carboxylic acids is 3. The molecule has 1 amide bonds. The van der Waals surface area contributed by atoms with Gasteiger partial charge in [-0.2, -0.15) is 4.31 Å². The average molecular weight is 493 g/mol. The van der Waals surface area contributed by atoms with Crippen LogP contribution in [-0.4, -0.2) is 57.9 Å². The maximum atomic E-state index is 12.8. The molecular weight excluding hydrogens is 468 g/mol. The first-order valence-corrected chi connectivity index (χ1v) is 11.8. The fourth-order valence-electron chi connectivity index (χ4n) is 2.90. The highest BCUT2D eigenvalue weighted by atomic mass is 32.2. The Hall–Kier alpha value is -3.28. The topological polar surface area (TPSA) is 119 Å². The van der Waals surface area contributed by atoms with Crippen LogP contribution in [0.5, 0.6) is 0 Å². The Morgan fingerprint density at radius 1 is 1.03 bits per heavy atom. The molecule has 0 radical (unpaired) electrons. The number of esters is 2. The molecule has 0 fully saturated rings. The number of sulfonamides is 1. The summed E-state index contributed by atoms with van der Waals surface area (Å²) in [5.74, 6) is -1.97. The van der Waals surface area contributed by atoms with Crippen molar-refractivity contribution in [2.45, 2.75) is 11.8 Å². The molecule has 1 aromatic carbocycles. The zero-order valence-electron chi connectivity index (χ0n) is 18.4. The third kappa shape index (κ3) is 5.56. The first kappa shape index (κ1) is 26.0. The van der Waals surface area contributed by atoms with Crippen LogP contribution < -0.4 is 5.32 Å². The number of nitrogens with one attached hydrogen (secondary N) is 1. The molecule has 0 unspecified atom stereocenters. The summed E-state index contributed by atoms with van der Waals surface area (Å²) >= 11 is 0.879. The van der Waals surface area contributed by atoms with Crippen molar-refractivity contribution in [3.05, 3.63) is 71.1 Å². The maximum absolute atomic E-state index is 12.8. The van der Waals surface area contributed by atoms with Gasteiger partial charge in [0.25, 0.3) is 5.91 Å². The molecule has 11 heteroatoms. The van der Waals surface area contributed by atoms with E-state index in [9.17, 15) is 22.8 Å². The van der Waals surface area contributed by atoms with Gasteiger partial charge in [0.15, 0.2) is 0 Å². The molecule has 2 rings (SSSR count). The van der Waals surface area contributed by atoms with Crippen molar-refractivity contribution < 1.29 is 32.3 Å². The normalized spacial score (nSPS) is 11.0. The van der Waals surface area contributed by atoms with E-state index in [2.05, 4.69) is 18.5 Å². The highest BCUT2D eigenvalue weighted by Gasteiger charge is 2.27. The van der Waals surface area contributed by atoms with Crippen molar-refractivity contribution in [3.8, 4) is 0 Å². The molecule has 0 aliphatic carbocycles. The van der Waals surface area contributed by atoms with E-state index in [0.717, 1.165) is 11.3 Å². The van der Waals surface area contributed by atoms with E-state index in [4.69, 9.17) is 9.47 Å². The Morgan fingerprint density at radius 3 is 2.06 bits per heavy atom. The first-order chi connectivity index (χ1) is 15.6. The van der Waals surface area contributed by atoms with Crippen LogP contribution in [0.1, 0.15) is 36.0 Å². The predicted molar refractivity (Wildman–Crippen MR) is 125 cm³/mol. The molecule has 33 heavy (non-hydrogen) atoms. The van der Waals surface area contributed by atoms with Crippen molar-refractivity contribution >= 4 is 44.2 Å². The van der Waals surface area contributed by atoms with Crippen molar-refractivity contribution in [2.24, 2.45) is 0 Å². The monoisotopic (exact) mass is 492 g/mol. The van der Waals surface area contributed by atoms with Gasteiger partial charge in [-0.05, 0) is 36.8 Å². The SMILES string of the molecule is C=CCN(CC=C)S(=O)(=O)c1ccc(C(=O)Nc2sc(C(=O)OC)c(C)c2C(=O)OC)cc1. The number of methoxy groups -OCH3 is 2. The van der Waals surface area contributed by atoms with Crippen LogP contribution in [-0.2, 0) is 19.5 Å². The largest absolute Gasteiger partial charge is 0.465 e. The van der Waals surface area contributed by atoms with Gasteiger partial charge in [0.1, 0.15) is 9.88 Å². The van der Waals surface area contributed by atoms with Gasteiger partial charge < -0.3 is 14.8 Å². The van der Waals surface area contributed by atoms with Crippen molar-refractivity contribution in [2.75, 3.05) is 32.6 Å². The standard InChI is InChI=1S/C22H24N2O7S2/c1-6-12-24(13-7-2)33(28,29)16-10-8-15(9-11-16)19(25)23-20-17(21(26)30-4)14(3)18(32-20)22(27)31-5/h6-11H,1-2,12-13H2,3-5H3,(H,23,25). The van der Waals surface area contributed by atoms with Crippen LogP contribution in [0.2, 0.25) is 0 Å². The molecule has 0 saturated heterocycles. The highest BCUT2D eigenvalue weighted by molar-refractivity contribution is 7.89. The van der Waals surface area contributed by atoms with E-state index in [0.29, 0.717) is 5.56 Å². The Bertz CT molecular complexity index is 1170. The van der Waals surface area contributed by atoms with Gasteiger partial charge in [-0.15, -0.1) is 24.5 Å². The van der Waals surface area contributed by atoms with Gasteiger partial charge in [0, 0.05) is 18.7 Å². The van der Waals surface area contributed by atoms with E-state index in [1.807, 2.05) is 0 Å². The summed E-state index contributed by atoms with van der Waals surface area (Å²) < 4.78 is 36.3. The quantitative estimate of drug-likeness (QED) is 0.399. The summed E-state index contributed by atoms with van der Waals surface area (Å²) in [6, 6.07) is 5.32. The molecule has 2 aromatic rings. The molecule has 0 bridgehead atoms. The van der Waals surface area contributed by atoms with Crippen LogP contribution in [0.25, 0.3) is 0 Å².